The number of nitrogens with zero attached hydrogens (tertiary/aromatic N) is 1. The van der Waals surface area contributed by atoms with Gasteiger partial charge in [0.1, 0.15) is 5.75 Å². The highest BCUT2D eigenvalue weighted by Gasteiger charge is 2.27. The van der Waals surface area contributed by atoms with Gasteiger partial charge in [-0.3, -0.25) is 4.90 Å². The van der Waals surface area contributed by atoms with E-state index < -0.39 is 0 Å². The highest BCUT2D eigenvalue weighted by molar-refractivity contribution is 5.31. The summed E-state index contributed by atoms with van der Waals surface area (Å²) in [5.74, 6) is 0.376. The van der Waals surface area contributed by atoms with Gasteiger partial charge in [0.05, 0.1) is 6.10 Å². The fraction of sp³-hybridized carbons (Fsp3) is 0.538. The molecule has 88 valence electrons. The average Bonchev–Trinajstić information content (AvgIpc) is 2.68. The molecule has 1 heterocycles. The second-order valence-electron chi connectivity index (χ2n) is 4.48. The van der Waals surface area contributed by atoms with Gasteiger partial charge in [-0.25, -0.2) is 0 Å². The number of rotatable bonds is 3. The lowest BCUT2D eigenvalue weighted by molar-refractivity contribution is 0.0812. The molecule has 1 aromatic rings. The van der Waals surface area contributed by atoms with Crippen LogP contribution in [0.4, 0.5) is 0 Å². The molecule has 1 aliphatic rings. The Morgan fingerprint density at radius 3 is 2.81 bits per heavy atom. The van der Waals surface area contributed by atoms with Crippen molar-refractivity contribution >= 4 is 0 Å². The SMILES string of the molecule is CC1OCCC1N(C)Cc1ccccc1O. The molecule has 3 heteroatoms. The zero-order valence-corrected chi connectivity index (χ0v) is 9.89. The van der Waals surface area contributed by atoms with Gasteiger partial charge in [-0.1, -0.05) is 18.2 Å². The Labute approximate surface area is 96.6 Å². The fourth-order valence-corrected chi connectivity index (χ4v) is 2.33. The Kier molecular flexibility index (Phi) is 3.46. The predicted octanol–water partition coefficient (Wildman–Crippen LogP) is 2.00. The number of aromatic hydroxyl groups is 1. The van der Waals surface area contributed by atoms with Crippen molar-refractivity contribution in [2.24, 2.45) is 0 Å². The van der Waals surface area contributed by atoms with Crippen LogP contribution >= 0.6 is 0 Å². The van der Waals surface area contributed by atoms with E-state index in [0.717, 1.165) is 25.1 Å². The van der Waals surface area contributed by atoms with Crippen LogP contribution in [0, 0.1) is 0 Å². The first-order valence-corrected chi connectivity index (χ1v) is 5.77. The number of para-hydroxylation sites is 1. The van der Waals surface area contributed by atoms with Crippen molar-refractivity contribution in [2.75, 3.05) is 13.7 Å². The largest absolute Gasteiger partial charge is 0.508 e. The summed E-state index contributed by atoms with van der Waals surface area (Å²) in [6.07, 6.45) is 1.36. The summed E-state index contributed by atoms with van der Waals surface area (Å²) < 4.78 is 5.55. The van der Waals surface area contributed by atoms with Crippen molar-refractivity contribution in [2.45, 2.75) is 32.0 Å². The molecule has 1 aromatic carbocycles. The smallest absolute Gasteiger partial charge is 0.120 e. The predicted molar refractivity (Wildman–Crippen MR) is 63.4 cm³/mol. The summed E-state index contributed by atoms with van der Waals surface area (Å²) in [7, 11) is 2.09. The molecular formula is C13H19NO2. The second-order valence-corrected chi connectivity index (χ2v) is 4.48. The van der Waals surface area contributed by atoms with Crippen LogP contribution in [0.2, 0.25) is 0 Å². The molecule has 2 rings (SSSR count). The van der Waals surface area contributed by atoms with Crippen LogP contribution in [0.5, 0.6) is 5.75 Å². The number of likely N-dealkylation sites (N-methyl/N-ethyl adjacent to an activating group) is 1. The number of hydrogen-bond acceptors (Lipinski definition) is 3. The van der Waals surface area contributed by atoms with E-state index >= 15 is 0 Å². The number of phenols is 1. The molecule has 2 unspecified atom stereocenters. The van der Waals surface area contributed by atoms with E-state index in [4.69, 9.17) is 4.74 Å². The minimum atomic E-state index is 0.288. The van der Waals surface area contributed by atoms with Gasteiger partial charge in [0.25, 0.3) is 0 Å². The third kappa shape index (κ3) is 2.36. The van der Waals surface area contributed by atoms with E-state index in [1.54, 1.807) is 6.07 Å². The van der Waals surface area contributed by atoms with Gasteiger partial charge < -0.3 is 9.84 Å². The normalized spacial score (nSPS) is 25.2. The molecule has 1 aliphatic heterocycles. The first kappa shape index (κ1) is 11.4. The summed E-state index contributed by atoms with van der Waals surface area (Å²) in [6, 6.07) is 7.96. The van der Waals surface area contributed by atoms with Crippen molar-refractivity contribution in [3.63, 3.8) is 0 Å². The van der Waals surface area contributed by atoms with Gasteiger partial charge in [0, 0.05) is 24.8 Å². The molecule has 3 nitrogen and oxygen atoms in total. The molecule has 1 saturated heterocycles. The monoisotopic (exact) mass is 221 g/mol. The zero-order valence-electron chi connectivity index (χ0n) is 9.89. The van der Waals surface area contributed by atoms with Crippen molar-refractivity contribution in [3.8, 4) is 5.75 Å². The van der Waals surface area contributed by atoms with Gasteiger partial charge in [0.2, 0.25) is 0 Å². The first-order valence-electron chi connectivity index (χ1n) is 5.77. The van der Waals surface area contributed by atoms with E-state index in [1.807, 2.05) is 18.2 Å². The third-order valence-corrected chi connectivity index (χ3v) is 3.31. The van der Waals surface area contributed by atoms with E-state index in [0.29, 0.717) is 11.8 Å². The molecule has 0 spiro atoms. The maximum atomic E-state index is 9.71. The van der Waals surface area contributed by atoms with Gasteiger partial charge in [-0.2, -0.15) is 0 Å². The standard InChI is InChI=1S/C13H19NO2/c1-10-12(7-8-16-10)14(2)9-11-5-3-4-6-13(11)15/h3-6,10,12,15H,7-9H2,1-2H3. The van der Waals surface area contributed by atoms with Crippen LogP contribution in [0.1, 0.15) is 18.9 Å². The number of phenolic OH excluding ortho intramolecular Hbond substituents is 1. The summed E-state index contributed by atoms with van der Waals surface area (Å²) in [5.41, 5.74) is 0.976. The first-order chi connectivity index (χ1) is 7.68. The summed E-state index contributed by atoms with van der Waals surface area (Å²) >= 11 is 0. The third-order valence-electron chi connectivity index (χ3n) is 3.31. The van der Waals surface area contributed by atoms with Crippen molar-refractivity contribution < 1.29 is 9.84 Å². The molecule has 16 heavy (non-hydrogen) atoms. The Hall–Kier alpha value is -1.06. The van der Waals surface area contributed by atoms with Gasteiger partial charge in [-0.15, -0.1) is 0 Å². The minimum Gasteiger partial charge on any atom is -0.508 e. The zero-order chi connectivity index (χ0) is 11.5. The molecule has 0 amide bonds. The number of hydrogen-bond donors (Lipinski definition) is 1. The Morgan fingerprint density at radius 2 is 2.19 bits per heavy atom. The molecule has 1 fully saturated rings. The molecule has 0 saturated carbocycles. The van der Waals surface area contributed by atoms with Crippen LogP contribution in [0.15, 0.2) is 24.3 Å². The lowest BCUT2D eigenvalue weighted by Crippen LogP contribution is -2.36. The maximum absolute atomic E-state index is 9.71. The van der Waals surface area contributed by atoms with Crippen molar-refractivity contribution in [1.29, 1.82) is 0 Å². The van der Waals surface area contributed by atoms with Crippen LogP contribution in [-0.2, 0) is 11.3 Å². The average molecular weight is 221 g/mol. The van der Waals surface area contributed by atoms with Gasteiger partial charge >= 0.3 is 0 Å². The van der Waals surface area contributed by atoms with E-state index in [1.165, 1.54) is 0 Å². The summed E-state index contributed by atoms with van der Waals surface area (Å²) in [6.45, 7) is 3.72. The fourth-order valence-electron chi connectivity index (χ4n) is 2.33. The molecule has 0 bridgehead atoms. The van der Waals surface area contributed by atoms with E-state index in [9.17, 15) is 5.11 Å². The highest BCUT2D eigenvalue weighted by Crippen LogP contribution is 2.23. The van der Waals surface area contributed by atoms with Crippen molar-refractivity contribution in [3.05, 3.63) is 29.8 Å². The van der Waals surface area contributed by atoms with Crippen LogP contribution in [0.3, 0.4) is 0 Å². The molecule has 1 N–H and O–H groups in total. The van der Waals surface area contributed by atoms with Gasteiger partial charge in [0.15, 0.2) is 0 Å². The van der Waals surface area contributed by atoms with Crippen LogP contribution < -0.4 is 0 Å². The molecule has 0 aliphatic carbocycles. The highest BCUT2D eigenvalue weighted by atomic mass is 16.5. The van der Waals surface area contributed by atoms with Crippen molar-refractivity contribution in [1.82, 2.24) is 4.90 Å². The number of benzene rings is 1. The Bertz CT molecular complexity index is 354. The van der Waals surface area contributed by atoms with E-state index in [-0.39, 0.29) is 6.10 Å². The minimum absolute atomic E-state index is 0.288. The topological polar surface area (TPSA) is 32.7 Å². The quantitative estimate of drug-likeness (QED) is 0.847. The number of ether oxygens (including phenoxy) is 1. The van der Waals surface area contributed by atoms with Gasteiger partial charge in [-0.05, 0) is 26.5 Å². The Balaban J connectivity index is 2.02. The molecule has 0 aromatic heterocycles. The molecular weight excluding hydrogens is 202 g/mol. The lowest BCUT2D eigenvalue weighted by Gasteiger charge is -2.26. The maximum Gasteiger partial charge on any atom is 0.120 e. The summed E-state index contributed by atoms with van der Waals surface area (Å²) in [5, 5.41) is 9.71. The molecule has 0 radical (unpaired) electrons. The Morgan fingerprint density at radius 1 is 1.44 bits per heavy atom. The summed E-state index contributed by atoms with van der Waals surface area (Å²) in [4.78, 5) is 2.26. The van der Waals surface area contributed by atoms with Crippen LogP contribution in [0.25, 0.3) is 0 Å². The van der Waals surface area contributed by atoms with E-state index in [2.05, 4.69) is 18.9 Å². The van der Waals surface area contributed by atoms with Crippen LogP contribution in [-0.4, -0.2) is 35.8 Å². The molecule has 2 atom stereocenters. The lowest BCUT2D eigenvalue weighted by atomic mass is 10.1. The second kappa shape index (κ2) is 4.85.